The van der Waals surface area contributed by atoms with Crippen LogP contribution in [0.5, 0.6) is 0 Å². The molecule has 1 N–H and O–H groups in total. The molecule has 0 aliphatic heterocycles. The summed E-state index contributed by atoms with van der Waals surface area (Å²) in [5.41, 5.74) is 0. The maximum absolute atomic E-state index is 11.5. The molecule has 0 aromatic heterocycles. The summed E-state index contributed by atoms with van der Waals surface area (Å²) >= 11 is 0. The van der Waals surface area contributed by atoms with Crippen molar-refractivity contribution in [1.82, 2.24) is 0 Å². The highest BCUT2D eigenvalue weighted by Crippen LogP contribution is 2.26. The van der Waals surface area contributed by atoms with Gasteiger partial charge >= 0.3 is 0 Å². The molecule has 0 radical (unpaired) electrons. The Bertz CT molecular complexity index is 370. The van der Waals surface area contributed by atoms with Gasteiger partial charge in [-0.05, 0) is 6.42 Å². The van der Waals surface area contributed by atoms with E-state index in [0.29, 0.717) is 6.42 Å². The Morgan fingerprint density at radius 2 is 1.67 bits per heavy atom. The first-order valence-corrected chi connectivity index (χ1v) is 6.45. The number of hydrogen-bond acceptors (Lipinski definition) is 4. The molecule has 5 nitrogen and oxygen atoms in total. The molecule has 0 saturated heterocycles. The summed E-state index contributed by atoms with van der Waals surface area (Å²) in [5, 5.41) is 0. The van der Waals surface area contributed by atoms with E-state index in [2.05, 4.69) is 0 Å². The Kier molecular flexibility index (Phi) is 3.62. The third-order valence-electron chi connectivity index (χ3n) is 2.71. The van der Waals surface area contributed by atoms with Gasteiger partial charge < -0.3 is 0 Å². The summed E-state index contributed by atoms with van der Waals surface area (Å²) in [6.45, 7) is 1.82. The second kappa shape index (κ2) is 4.40. The van der Waals surface area contributed by atoms with Crippen molar-refractivity contribution in [2.75, 3.05) is 5.75 Å². The van der Waals surface area contributed by atoms with E-state index in [9.17, 15) is 18.0 Å². The molecule has 0 spiro atoms. The van der Waals surface area contributed by atoms with Crippen LogP contribution in [-0.4, -0.2) is 30.3 Å². The first-order chi connectivity index (χ1) is 6.83. The van der Waals surface area contributed by atoms with Crippen molar-refractivity contribution < 1.29 is 22.6 Å². The fraction of sp³-hybridized carbons (Fsp3) is 0.778. The quantitative estimate of drug-likeness (QED) is 0.716. The molecular weight excluding hydrogens is 220 g/mol. The Morgan fingerprint density at radius 1 is 1.20 bits per heavy atom. The molecule has 1 rings (SSSR count). The van der Waals surface area contributed by atoms with Gasteiger partial charge in [-0.2, -0.15) is 8.42 Å². The van der Waals surface area contributed by atoms with Gasteiger partial charge in [0.2, 0.25) is 0 Å². The third-order valence-corrected chi connectivity index (χ3v) is 3.53. The zero-order valence-corrected chi connectivity index (χ0v) is 9.29. The lowest BCUT2D eigenvalue weighted by Crippen LogP contribution is -2.35. The molecular formula is C9H14O5S. The third kappa shape index (κ3) is 3.39. The Hall–Kier alpha value is -0.750. The summed E-state index contributed by atoms with van der Waals surface area (Å²) in [7, 11) is -4.18. The van der Waals surface area contributed by atoms with Crippen molar-refractivity contribution in [1.29, 1.82) is 0 Å². The predicted octanol–water partition coefficient (Wildman–Crippen LogP) is 0.449. The van der Waals surface area contributed by atoms with Crippen molar-refractivity contribution in [2.24, 2.45) is 11.8 Å². The average Bonchev–Trinajstić information content (AvgIpc) is 2.08. The Balaban J connectivity index is 2.71. The van der Waals surface area contributed by atoms with Crippen LogP contribution in [0.2, 0.25) is 0 Å². The monoisotopic (exact) mass is 234 g/mol. The summed E-state index contributed by atoms with van der Waals surface area (Å²) in [6.07, 6.45) is 0.649. The topological polar surface area (TPSA) is 88.5 Å². The predicted molar refractivity (Wildman–Crippen MR) is 52.9 cm³/mol. The SMILES string of the molecule is CCC1CC(=O)C(CS(=O)(=O)O)CC1=O. The number of hydrogen-bond donors (Lipinski definition) is 1. The summed E-state index contributed by atoms with van der Waals surface area (Å²) < 4.78 is 29.8. The smallest absolute Gasteiger partial charge is 0.265 e. The lowest BCUT2D eigenvalue weighted by molar-refractivity contribution is -0.136. The maximum atomic E-state index is 11.5. The second-order valence-electron chi connectivity index (χ2n) is 3.89. The Morgan fingerprint density at radius 3 is 2.13 bits per heavy atom. The van der Waals surface area contributed by atoms with Crippen LogP contribution in [0.15, 0.2) is 0 Å². The lowest BCUT2D eigenvalue weighted by Gasteiger charge is -2.24. The van der Waals surface area contributed by atoms with Crippen molar-refractivity contribution in [3.63, 3.8) is 0 Å². The maximum Gasteiger partial charge on any atom is 0.265 e. The molecule has 1 aliphatic rings. The minimum absolute atomic E-state index is 0.0584. The van der Waals surface area contributed by atoms with Crippen molar-refractivity contribution in [3.8, 4) is 0 Å². The largest absolute Gasteiger partial charge is 0.299 e. The molecule has 0 amide bonds. The van der Waals surface area contributed by atoms with Gasteiger partial charge in [0.1, 0.15) is 11.6 Å². The van der Waals surface area contributed by atoms with E-state index >= 15 is 0 Å². The molecule has 1 fully saturated rings. The first kappa shape index (κ1) is 12.3. The number of carbonyl (C=O) groups is 2. The normalized spacial score (nSPS) is 28.1. The highest BCUT2D eigenvalue weighted by Gasteiger charge is 2.35. The Labute approximate surface area is 88.6 Å². The molecule has 15 heavy (non-hydrogen) atoms. The van der Waals surface area contributed by atoms with E-state index in [4.69, 9.17) is 4.55 Å². The van der Waals surface area contributed by atoms with Gasteiger partial charge in [0.15, 0.2) is 0 Å². The highest BCUT2D eigenvalue weighted by atomic mass is 32.2. The fourth-order valence-corrected chi connectivity index (χ4v) is 2.64. The van der Waals surface area contributed by atoms with Crippen molar-refractivity contribution >= 4 is 21.7 Å². The molecule has 86 valence electrons. The van der Waals surface area contributed by atoms with Crippen molar-refractivity contribution in [3.05, 3.63) is 0 Å². The minimum atomic E-state index is -4.18. The van der Waals surface area contributed by atoms with E-state index in [1.807, 2.05) is 6.92 Å². The zero-order valence-electron chi connectivity index (χ0n) is 8.47. The molecule has 1 aliphatic carbocycles. The molecule has 0 aromatic rings. The van der Waals surface area contributed by atoms with Gasteiger partial charge in [0.25, 0.3) is 10.1 Å². The van der Waals surface area contributed by atoms with Crippen LogP contribution in [0, 0.1) is 11.8 Å². The van der Waals surface area contributed by atoms with E-state index in [1.54, 1.807) is 0 Å². The number of carbonyl (C=O) groups excluding carboxylic acids is 2. The first-order valence-electron chi connectivity index (χ1n) is 4.84. The van der Waals surface area contributed by atoms with E-state index in [-0.39, 0.29) is 30.3 Å². The van der Waals surface area contributed by atoms with Gasteiger partial charge in [-0.25, -0.2) is 0 Å². The van der Waals surface area contributed by atoms with E-state index < -0.39 is 21.8 Å². The lowest BCUT2D eigenvalue weighted by atomic mass is 9.80. The highest BCUT2D eigenvalue weighted by molar-refractivity contribution is 7.85. The van der Waals surface area contributed by atoms with Gasteiger partial charge in [0.05, 0.1) is 5.75 Å². The van der Waals surface area contributed by atoms with Crippen LogP contribution in [0.4, 0.5) is 0 Å². The van der Waals surface area contributed by atoms with E-state index in [0.717, 1.165) is 0 Å². The van der Waals surface area contributed by atoms with Crippen molar-refractivity contribution in [2.45, 2.75) is 26.2 Å². The molecule has 2 atom stereocenters. The molecule has 1 saturated carbocycles. The van der Waals surface area contributed by atoms with Crippen LogP contribution in [0.25, 0.3) is 0 Å². The molecule has 0 heterocycles. The van der Waals surface area contributed by atoms with Crippen LogP contribution >= 0.6 is 0 Å². The second-order valence-corrected chi connectivity index (χ2v) is 5.39. The number of Topliss-reactive ketones (excluding diaryl/α,β-unsaturated/α-hetero) is 2. The van der Waals surface area contributed by atoms with Gasteiger partial charge in [-0.3, -0.25) is 14.1 Å². The number of rotatable bonds is 3. The van der Waals surface area contributed by atoms with Crippen LogP contribution < -0.4 is 0 Å². The molecule has 6 heteroatoms. The van der Waals surface area contributed by atoms with Crippen LogP contribution in [0.3, 0.4) is 0 Å². The van der Waals surface area contributed by atoms with Gasteiger partial charge in [0, 0.05) is 24.7 Å². The van der Waals surface area contributed by atoms with Gasteiger partial charge in [-0.1, -0.05) is 6.92 Å². The fourth-order valence-electron chi connectivity index (χ4n) is 1.82. The summed E-state index contributed by atoms with van der Waals surface area (Å²) in [4.78, 5) is 22.9. The standard InChI is InChI=1S/C9H14O5S/c1-2-6-3-9(11)7(4-8(6)10)5-15(12,13)14/h6-7H,2-5H2,1H3,(H,12,13,14). The van der Waals surface area contributed by atoms with Crippen LogP contribution in [-0.2, 0) is 19.7 Å². The molecule has 0 aromatic carbocycles. The minimum Gasteiger partial charge on any atom is -0.299 e. The average molecular weight is 234 g/mol. The van der Waals surface area contributed by atoms with Crippen LogP contribution in [0.1, 0.15) is 26.2 Å². The van der Waals surface area contributed by atoms with Gasteiger partial charge in [-0.15, -0.1) is 0 Å². The molecule has 2 unspecified atom stereocenters. The molecule has 0 bridgehead atoms. The van der Waals surface area contributed by atoms with E-state index in [1.165, 1.54) is 0 Å². The summed E-state index contributed by atoms with van der Waals surface area (Å²) in [5.74, 6) is -2.07. The zero-order chi connectivity index (χ0) is 11.6. The summed E-state index contributed by atoms with van der Waals surface area (Å²) in [6, 6.07) is 0. The number of ketones is 2.